The first-order chi connectivity index (χ1) is 9.19. The van der Waals surface area contributed by atoms with Crippen molar-refractivity contribution in [3.05, 3.63) is 35.4 Å². The molecule has 0 spiro atoms. The molecule has 0 saturated carbocycles. The monoisotopic (exact) mass is 279 g/mol. The summed E-state index contributed by atoms with van der Waals surface area (Å²) >= 11 is 5.82. The number of aliphatic hydroxyl groups is 1. The molecule has 0 radical (unpaired) electrons. The Labute approximate surface area is 118 Å². The Morgan fingerprint density at radius 1 is 1.32 bits per heavy atom. The van der Waals surface area contributed by atoms with Crippen LogP contribution in [0.3, 0.4) is 0 Å². The zero-order valence-corrected chi connectivity index (χ0v) is 11.5. The van der Waals surface area contributed by atoms with E-state index in [0.29, 0.717) is 11.4 Å². The molecule has 0 aromatic heterocycles. The van der Waals surface area contributed by atoms with Gasteiger partial charge in [-0.25, -0.2) is 0 Å². The van der Waals surface area contributed by atoms with Gasteiger partial charge in [0.15, 0.2) is 0 Å². The van der Waals surface area contributed by atoms with Crippen LogP contribution in [0.15, 0.2) is 24.3 Å². The molecule has 19 heavy (non-hydrogen) atoms. The number of rotatable bonds is 2. The second kappa shape index (κ2) is 5.14. The van der Waals surface area contributed by atoms with Crippen LogP contribution in [0.1, 0.15) is 41.6 Å². The third-order valence-electron chi connectivity index (χ3n) is 4.27. The molecule has 3 rings (SSSR count). The molecule has 1 aromatic carbocycles. The summed E-state index contributed by atoms with van der Waals surface area (Å²) in [6.07, 6.45) is 3.23. The number of carbonyl (C=O) groups excluding carboxylic acids is 1. The Bertz CT molecular complexity index is 477. The highest BCUT2D eigenvalue weighted by Gasteiger charge is 2.42. The van der Waals surface area contributed by atoms with Gasteiger partial charge in [0.25, 0.3) is 5.91 Å². The minimum absolute atomic E-state index is 0.0892. The first kappa shape index (κ1) is 12.9. The third kappa shape index (κ3) is 2.37. The number of piperidine rings is 1. The Kier molecular flexibility index (Phi) is 3.50. The predicted molar refractivity (Wildman–Crippen MR) is 74.2 cm³/mol. The fourth-order valence-corrected chi connectivity index (χ4v) is 3.58. The molecule has 1 N–H and O–H groups in total. The minimum Gasteiger partial charge on any atom is -0.393 e. The van der Waals surface area contributed by atoms with Gasteiger partial charge in [-0.3, -0.25) is 4.79 Å². The maximum absolute atomic E-state index is 12.6. The predicted octanol–water partition coefficient (Wildman–Crippen LogP) is 2.55. The summed E-state index contributed by atoms with van der Waals surface area (Å²) in [6.45, 7) is 0. The third-order valence-corrected chi connectivity index (χ3v) is 4.58. The standard InChI is InChI=1S/C15H18ClNO2/c16-9-10-2-1-3-11(6-10)15(19)17-12-4-5-13(17)8-14(18)7-12/h1-3,6,12-14,18H,4-5,7-9H2. The van der Waals surface area contributed by atoms with Gasteiger partial charge in [-0.05, 0) is 43.4 Å². The summed E-state index contributed by atoms with van der Waals surface area (Å²) in [5.74, 6) is 0.513. The Morgan fingerprint density at radius 2 is 2.00 bits per heavy atom. The van der Waals surface area contributed by atoms with E-state index in [9.17, 15) is 9.90 Å². The second-order valence-corrected chi connectivity index (χ2v) is 5.82. The number of carbonyl (C=O) groups is 1. The van der Waals surface area contributed by atoms with Crippen molar-refractivity contribution in [2.24, 2.45) is 0 Å². The molecular formula is C15H18ClNO2. The number of hydrogen-bond donors (Lipinski definition) is 1. The van der Waals surface area contributed by atoms with E-state index in [1.807, 2.05) is 29.2 Å². The zero-order valence-electron chi connectivity index (χ0n) is 10.8. The average molecular weight is 280 g/mol. The van der Waals surface area contributed by atoms with Gasteiger partial charge in [0.2, 0.25) is 0 Å². The van der Waals surface area contributed by atoms with E-state index in [1.54, 1.807) is 0 Å². The maximum Gasteiger partial charge on any atom is 0.254 e. The van der Waals surface area contributed by atoms with Crippen molar-refractivity contribution >= 4 is 17.5 Å². The number of hydrogen-bond acceptors (Lipinski definition) is 2. The van der Waals surface area contributed by atoms with Gasteiger partial charge in [0, 0.05) is 23.5 Å². The number of benzene rings is 1. The van der Waals surface area contributed by atoms with E-state index in [0.717, 1.165) is 31.2 Å². The molecular weight excluding hydrogens is 262 g/mol. The molecule has 3 nitrogen and oxygen atoms in total. The summed E-state index contributed by atoms with van der Waals surface area (Å²) in [4.78, 5) is 14.6. The Morgan fingerprint density at radius 3 is 2.63 bits per heavy atom. The largest absolute Gasteiger partial charge is 0.393 e. The molecule has 1 amide bonds. The van der Waals surface area contributed by atoms with Gasteiger partial charge in [-0.15, -0.1) is 11.6 Å². The molecule has 2 bridgehead atoms. The van der Waals surface area contributed by atoms with Gasteiger partial charge < -0.3 is 10.0 Å². The van der Waals surface area contributed by atoms with Gasteiger partial charge in [-0.1, -0.05) is 12.1 Å². The number of alkyl halides is 1. The van der Waals surface area contributed by atoms with Gasteiger partial charge >= 0.3 is 0 Å². The van der Waals surface area contributed by atoms with Gasteiger partial charge in [0.05, 0.1) is 6.10 Å². The molecule has 2 saturated heterocycles. The van der Waals surface area contributed by atoms with Crippen LogP contribution >= 0.6 is 11.6 Å². The van der Waals surface area contributed by atoms with Crippen LogP contribution in [0.2, 0.25) is 0 Å². The highest BCUT2D eigenvalue weighted by atomic mass is 35.5. The summed E-state index contributed by atoms with van der Waals surface area (Å²) in [5, 5.41) is 9.79. The first-order valence-electron chi connectivity index (χ1n) is 6.84. The highest BCUT2D eigenvalue weighted by molar-refractivity contribution is 6.17. The molecule has 2 unspecified atom stereocenters. The normalized spacial score (nSPS) is 29.6. The first-order valence-corrected chi connectivity index (χ1v) is 7.38. The van der Waals surface area contributed by atoms with Crippen molar-refractivity contribution in [2.45, 2.75) is 49.8 Å². The van der Waals surface area contributed by atoms with Crippen molar-refractivity contribution < 1.29 is 9.90 Å². The van der Waals surface area contributed by atoms with E-state index in [1.165, 1.54) is 0 Å². The van der Waals surface area contributed by atoms with E-state index >= 15 is 0 Å². The Balaban J connectivity index is 1.84. The van der Waals surface area contributed by atoms with Crippen LogP contribution in [0.4, 0.5) is 0 Å². The smallest absolute Gasteiger partial charge is 0.254 e. The lowest BCUT2D eigenvalue weighted by molar-refractivity contribution is 0.0287. The minimum atomic E-state index is -0.240. The lowest BCUT2D eigenvalue weighted by Crippen LogP contribution is -2.48. The fourth-order valence-electron chi connectivity index (χ4n) is 3.42. The van der Waals surface area contributed by atoms with Gasteiger partial charge in [0.1, 0.15) is 0 Å². The molecule has 2 aliphatic heterocycles. The number of halogens is 1. The van der Waals surface area contributed by atoms with Crippen LogP contribution in [0.25, 0.3) is 0 Å². The topological polar surface area (TPSA) is 40.5 Å². The van der Waals surface area contributed by atoms with E-state index in [-0.39, 0.29) is 24.1 Å². The summed E-state index contributed by atoms with van der Waals surface area (Å²) in [6, 6.07) is 7.95. The van der Waals surface area contributed by atoms with E-state index in [2.05, 4.69) is 0 Å². The molecule has 2 atom stereocenters. The van der Waals surface area contributed by atoms with Crippen LogP contribution in [0.5, 0.6) is 0 Å². The molecule has 102 valence electrons. The van der Waals surface area contributed by atoms with Gasteiger partial charge in [-0.2, -0.15) is 0 Å². The zero-order chi connectivity index (χ0) is 13.4. The number of fused-ring (bicyclic) bond motifs is 2. The van der Waals surface area contributed by atoms with E-state index < -0.39 is 0 Å². The van der Waals surface area contributed by atoms with Crippen molar-refractivity contribution in [2.75, 3.05) is 0 Å². The van der Waals surface area contributed by atoms with Crippen LogP contribution in [-0.2, 0) is 5.88 Å². The van der Waals surface area contributed by atoms with E-state index in [4.69, 9.17) is 11.6 Å². The fraction of sp³-hybridized carbons (Fsp3) is 0.533. The second-order valence-electron chi connectivity index (χ2n) is 5.56. The van der Waals surface area contributed by atoms with Crippen molar-refractivity contribution in [1.29, 1.82) is 0 Å². The molecule has 2 aliphatic rings. The Hall–Kier alpha value is -1.06. The summed E-state index contributed by atoms with van der Waals surface area (Å²) in [7, 11) is 0. The molecule has 0 aliphatic carbocycles. The summed E-state index contributed by atoms with van der Waals surface area (Å²) < 4.78 is 0. The molecule has 4 heteroatoms. The number of nitrogens with zero attached hydrogens (tertiary/aromatic N) is 1. The number of aliphatic hydroxyl groups excluding tert-OH is 1. The van der Waals surface area contributed by atoms with Crippen molar-refractivity contribution in [3.8, 4) is 0 Å². The van der Waals surface area contributed by atoms with Crippen LogP contribution in [0, 0.1) is 0 Å². The highest BCUT2D eigenvalue weighted by Crippen LogP contribution is 2.36. The van der Waals surface area contributed by atoms with Crippen molar-refractivity contribution in [3.63, 3.8) is 0 Å². The van der Waals surface area contributed by atoms with Crippen LogP contribution < -0.4 is 0 Å². The lowest BCUT2D eigenvalue weighted by Gasteiger charge is -2.37. The molecule has 2 heterocycles. The SMILES string of the molecule is O=C(c1cccc(CCl)c1)N1C2CCC1CC(O)C2. The maximum atomic E-state index is 12.6. The average Bonchev–Trinajstić information content (AvgIpc) is 2.70. The lowest BCUT2D eigenvalue weighted by atomic mass is 9.98. The summed E-state index contributed by atoms with van der Waals surface area (Å²) in [5.41, 5.74) is 1.68. The molecule has 1 aromatic rings. The number of amides is 1. The quantitative estimate of drug-likeness (QED) is 0.845. The van der Waals surface area contributed by atoms with Crippen LogP contribution in [-0.4, -0.2) is 34.1 Å². The van der Waals surface area contributed by atoms with Crippen molar-refractivity contribution in [1.82, 2.24) is 4.90 Å². The molecule has 2 fully saturated rings.